The van der Waals surface area contributed by atoms with Gasteiger partial charge in [0.05, 0.1) is 0 Å². The van der Waals surface area contributed by atoms with Crippen LogP contribution in [0.1, 0.15) is 12.8 Å². The summed E-state index contributed by atoms with van der Waals surface area (Å²) in [4.78, 5) is 0. The lowest BCUT2D eigenvalue weighted by atomic mass is 9.94. The quantitative estimate of drug-likeness (QED) is 0.567. The highest BCUT2D eigenvalue weighted by molar-refractivity contribution is 8.35. The molecule has 0 aromatic rings. The minimum absolute atomic E-state index is 0.717. The molecular weight excluding hydrogens is 182 g/mol. The van der Waals surface area contributed by atoms with E-state index in [0.717, 1.165) is 25.9 Å². The molecule has 0 unspecified atom stereocenters. The molecule has 3 heteroatoms. The van der Waals surface area contributed by atoms with Crippen LogP contribution in [0.4, 0.5) is 0 Å². The summed E-state index contributed by atoms with van der Waals surface area (Å²) in [6.45, 7) is 1.76. The van der Waals surface area contributed by atoms with E-state index >= 15 is 0 Å². The highest BCUT2D eigenvalue weighted by atomic mass is 32.3. The second kappa shape index (κ2) is 3.91. The van der Waals surface area contributed by atoms with Gasteiger partial charge in [-0.3, -0.25) is 0 Å². The van der Waals surface area contributed by atoms with Crippen LogP contribution < -0.4 is 5.32 Å². The Bertz CT molecular complexity index is 228. The molecule has 2 nitrogen and oxygen atoms in total. The van der Waals surface area contributed by atoms with Gasteiger partial charge in [-0.15, -0.1) is 0 Å². The first-order chi connectivity index (χ1) is 5.91. The van der Waals surface area contributed by atoms with Crippen molar-refractivity contribution in [2.75, 3.05) is 31.9 Å². The van der Waals surface area contributed by atoms with Gasteiger partial charge in [0.2, 0.25) is 0 Å². The fraction of sp³-hybridized carbons (Fsp3) is 0.800. The zero-order valence-electron chi connectivity index (χ0n) is 8.68. The molecule has 1 aliphatic rings. The molecule has 0 aromatic heterocycles. The summed E-state index contributed by atoms with van der Waals surface area (Å²) in [7, 11) is -0.803. The molecule has 0 bridgehead atoms. The van der Waals surface area contributed by atoms with Crippen molar-refractivity contribution < 1.29 is 5.11 Å². The Labute approximate surface area is 82.4 Å². The average molecular weight is 201 g/mol. The van der Waals surface area contributed by atoms with Crippen LogP contribution in [-0.2, 0) is 0 Å². The summed E-state index contributed by atoms with van der Waals surface area (Å²) in [5.74, 6) is 3.04. The van der Waals surface area contributed by atoms with Crippen LogP contribution in [0.15, 0.2) is 0 Å². The van der Waals surface area contributed by atoms with Gasteiger partial charge in [0.1, 0.15) is 5.60 Å². The highest BCUT2D eigenvalue weighted by Gasteiger charge is 2.26. The lowest BCUT2D eigenvalue weighted by Gasteiger charge is -2.28. The predicted molar refractivity (Wildman–Crippen MR) is 60.2 cm³/mol. The number of piperidine rings is 1. The molecular formula is C10H19NOS. The first-order valence-corrected chi connectivity index (χ1v) is 7.42. The zero-order chi connectivity index (χ0) is 9.95. The molecule has 1 fully saturated rings. The molecule has 0 saturated carbocycles. The van der Waals surface area contributed by atoms with E-state index in [1.54, 1.807) is 0 Å². The van der Waals surface area contributed by atoms with Crippen molar-refractivity contribution in [1.29, 1.82) is 0 Å². The molecule has 0 aromatic carbocycles. The van der Waals surface area contributed by atoms with Gasteiger partial charge in [-0.1, -0.05) is 11.2 Å². The number of nitrogens with one attached hydrogen (secondary N) is 1. The lowest BCUT2D eigenvalue weighted by Crippen LogP contribution is -2.40. The van der Waals surface area contributed by atoms with E-state index in [4.69, 9.17) is 0 Å². The van der Waals surface area contributed by atoms with Crippen LogP contribution in [0.3, 0.4) is 0 Å². The Kier molecular flexibility index (Phi) is 3.28. The zero-order valence-corrected chi connectivity index (χ0v) is 9.50. The maximum Gasteiger partial charge on any atom is 0.128 e. The molecule has 0 spiro atoms. The van der Waals surface area contributed by atoms with Crippen LogP contribution in [0.25, 0.3) is 0 Å². The van der Waals surface area contributed by atoms with E-state index in [9.17, 15) is 5.11 Å². The third-order valence-electron chi connectivity index (χ3n) is 2.02. The normalized spacial score (nSPS) is 23.1. The SMILES string of the molecule is CS(C)(C)C#CC1(O)CCNCC1. The Morgan fingerprint density at radius 2 is 1.77 bits per heavy atom. The van der Waals surface area contributed by atoms with Crippen LogP contribution in [0.5, 0.6) is 0 Å². The first-order valence-electron chi connectivity index (χ1n) is 4.57. The van der Waals surface area contributed by atoms with Crippen molar-refractivity contribution in [2.45, 2.75) is 18.4 Å². The van der Waals surface area contributed by atoms with E-state index in [2.05, 4.69) is 35.3 Å². The van der Waals surface area contributed by atoms with Gasteiger partial charge < -0.3 is 10.4 Å². The standard InChI is InChI=1S/C10H19NOS/c1-13(2,3)9-6-10(12)4-7-11-8-5-10/h11-12H,4-5,7-8H2,1-3H3. The molecule has 0 radical (unpaired) electrons. The number of aliphatic hydroxyl groups is 1. The molecule has 1 rings (SSSR count). The Morgan fingerprint density at radius 3 is 2.23 bits per heavy atom. The van der Waals surface area contributed by atoms with E-state index in [1.165, 1.54) is 0 Å². The van der Waals surface area contributed by atoms with E-state index in [0.29, 0.717) is 0 Å². The summed E-state index contributed by atoms with van der Waals surface area (Å²) in [5.41, 5.74) is -0.717. The van der Waals surface area contributed by atoms with Gasteiger partial charge in [0, 0.05) is 12.8 Å². The summed E-state index contributed by atoms with van der Waals surface area (Å²) < 4.78 is 0. The topological polar surface area (TPSA) is 32.3 Å². The minimum Gasteiger partial charge on any atom is -0.377 e. The van der Waals surface area contributed by atoms with E-state index < -0.39 is 15.6 Å². The lowest BCUT2D eigenvalue weighted by molar-refractivity contribution is 0.0680. The largest absolute Gasteiger partial charge is 0.377 e. The predicted octanol–water partition coefficient (Wildman–Crippen LogP) is 0.756. The number of hydrogen-bond donors (Lipinski definition) is 2. The first kappa shape index (κ1) is 10.9. The van der Waals surface area contributed by atoms with Crippen molar-refractivity contribution in [2.24, 2.45) is 0 Å². The van der Waals surface area contributed by atoms with Gasteiger partial charge in [-0.05, 0) is 31.9 Å². The molecule has 0 aliphatic carbocycles. The number of hydrogen-bond acceptors (Lipinski definition) is 2. The molecule has 1 aliphatic heterocycles. The van der Waals surface area contributed by atoms with Gasteiger partial charge in [0.25, 0.3) is 0 Å². The Morgan fingerprint density at radius 1 is 1.23 bits per heavy atom. The monoisotopic (exact) mass is 201 g/mol. The fourth-order valence-corrected chi connectivity index (χ4v) is 1.71. The third-order valence-corrected chi connectivity index (χ3v) is 2.74. The van der Waals surface area contributed by atoms with Crippen molar-refractivity contribution in [3.63, 3.8) is 0 Å². The Balaban J connectivity index is 2.63. The minimum atomic E-state index is -0.803. The average Bonchev–Trinajstić information content (AvgIpc) is 2.02. The van der Waals surface area contributed by atoms with Crippen LogP contribution in [0, 0.1) is 11.2 Å². The smallest absolute Gasteiger partial charge is 0.128 e. The third kappa shape index (κ3) is 4.04. The second-order valence-corrected chi connectivity index (χ2v) is 8.22. The molecule has 13 heavy (non-hydrogen) atoms. The van der Waals surface area contributed by atoms with E-state index in [1.807, 2.05) is 0 Å². The Hall–Kier alpha value is -0.170. The van der Waals surface area contributed by atoms with Gasteiger partial charge in [-0.25, -0.2) is 0 Å². The second-order valence-electron chi connectivity index (χ2n) is 4.35. The van der Waals surface area contributed by atoms with E-state index in [-0.39, 0.29) is 0 Å². The summed E-state index contributed by atoms with van der Waals surface area (Å²) >= 11 is 0. The van der Waals surface area contributed by atoms with Crippen LogP contribution in [-0.4, -0.2) is 42.6 Å². The highest BCUT2D eigenvalue weighted by Crippen LogP contribution is 2.33. The van der Waals surface area contributed by atoms with Crippen LogP contribution >= 0.6 is 10.0 Å². The van der Waals surface area contributed by atoms with Crippen molar-refractivity contribution in [3.05, 3.63) is 0 Å². The summed E-state index contributed by atoms with van der Waals surface area (Å²) in [6.07, 6.45) is 7.95. The fourth-order valence-electron chi connectivity index (χ4n) is 1.21. The summed E-state index contributed by atoms with van der Waals surface area (Å²) in [5, 5.41) is 16.4. The van der Waals surface area contributed by atoms with Gasteiger partial charge >= 0.3 is 0 Å². The molecule has 2 N–H and O–H groups in total. The molecule has 76 valence electrons. The van der Waals surface area contributed by atoms with Crippen molar-refractivity contribution in [1.82, 2.24) is 5.32 Å². The molecule has 1 saturated heterocycles. The maximum absolute atomic E-state index is 10.0. The molecule has 1 heterocycles. The maximum atomic E-state index is 10.0. The summed E-state index contributed by atoms with van der Waals surface area (Å²) in [6, 6.07) is 0. The van der Waals surface area contributed by atoms with Gasteiger partial charge in [-0.2, -0.15) is 10.0 Å². The molecule has 0 atom stereocenters. The number of rotatable bonds is 0. The van der Waals surface area contributed by atoms with Crippen molar-refractivity contribution >= 4 is 10.0 Å². The van der Waals surface area contributed by atoms with Crippen LogP contribution in [0.2, 0.25) is 0 Å². The van der Waals surface area contributed by atoms with Crippen molar-refractivity contribution in [3.8, 4) is 11.2 Å². The van der Waals surface area contributed by atoms with Gasteiger partial charge in [0.15, 0.2) is 0 Å². The molecule has 0 amide bonds.